The second-order valence-corrected chi connectivity index (χ2v) is 8.30. The normalized spacial score (nSPS) is 18.8. The maximum Gasteiger partial charge on any atom is 0.212 e. The first-order chi connectivity index (χ1) is 10.00. The van der Waals surface area contributed by atoms with E-state index in [1.54, 1.807) is 0 Å². The molecule has 1 saturated heterocycles. The zero-order valence-electron chi connectivity index (χ0n) is 12.7. The average Bonchev–Trinajstić information content (AvgIpc) is 2.95. The van der Waals surface area contributed by atoms with E-state index in [9.17, 15) is 8.42 Å². The molecule has 0 spiro atoms. The van der Waals surface area contributed by atoms with Crippen LogP contribution in [0, 0.1) is 5.92 Å². The van der Waals surface area contributed by atoms with Crippen molar-refractivity contribution in [1.82, 2.24) is 9.71 Å². The summed E-state index contributed by atoms with van der Waals surface area (Å²) in [4.78, 5) is 4.44. The number of rotatable bonds is 7. The Morgan fingerprint density at radius 3 is 2.81 bits per heavy atom. The van der Waals surface area contributed by atoms with Crippen molar-refractivity contribution >= 4 is 21.4 Å². The highest BCUT2D eigenvalue weighted by Gasteiger charge is 2.21. The van der Waals surface area contributed by atoms with Gasteiger partial charge in [0, 0.05) is 18.6 Å². The van der Waals surface area contributed by atoms with Gasteiger partial charge in [0.05, 0.1) is 17.5 Å². The molecular weight excluding hydrogens is 308 g/mol. The molecule has 2 rings (SSSR count). The van der Waals surface area contributed by atoms with Gasteiger partial charge in [-0.05, 0) is 38.5 Å². The minimum Gasteiger partial charge on any atom is -0.381 e. The van der Waals surface area contributed by atoms with E-state index in [2.05, 4.69) is 9.71 Å². The maximum atomic E-state index is 12.2. The van der Waals surface area contributed by atoms with Crippen molar-refractivity contribution < 1.29 is 13.2 Å². The molecule has 5 nitrogen and oxygen atoms in total. The number of hydrogen-bond acceptors (Lipinski definition) is 5. The number of sulfonamides is 1. The highest BCUT2D eigenvalue weighted by atomic mass is 32.2. The van der Waals surface area contributed by atoms with E-state index in [-0.39, 0.29) is 11.8 Å². The SMILES string of the molecule is CCc1csc(C(C)NS(=O)(=O)CCC2CCOCC2)n1. The van der Waals surface area contributed by atoms with Crippen molar-refractivity contribution in [1.29, 1.82) is 0 Å². The molecule has 21 heavy (non-hydrogen) atoms. The van der Waals surface area contributed by atoms with Crippen molar-refractivity contribution in [2.24, 2.45) is 5.92 Å². The third kappa shape index (κ3) is 5.32. The number of thiazole rings is 1. The Hall–Kier alpha value is -0.500. The van der Waals surface area contributed by atoms with Crippen LogP contribution in [0.1, 0.15) is 49.9 Å². The monoisotopic (exact) mass is 332 g/mol. The molecule has 0 aliphatic carbocycles. The van der Waals surface area contributed by atoms with E-state index in [1.807, 2.05) is 19.2 Å². The van der Waals surface area contributed by atoms with Gasteiger partial charge in [0.2, 0.25) is 10.0 Å². The minimum absolute atomic E-state index is 0.189. The molecule has 0 saturated carbocycles. The van der Waals surface area contributed by atoms with Crippen LogP contribution in [-0.2, 0) is 21.2 Å². The van der Waals surface area contributed by atoms with Crippen molar-refractivity contribution in [3.8, 4) is 0 Å². The summed E-state index contributed by atoms with van der Waals surface area (Å²) < 4.78 is 32.4. The van der Waals surface area contributed by atoms with Gasteiger partial charge in [0.1, 0.15) is 5.01 Å². The van der Waals surface area contributed by atoms with Gasteiger partial charge >= 0.3 is 0 Å². The molecule has 7 heteroatoms. The molecule has 1 aliphatic heterocycles. The highest BCUT2D eigenvalue weighted by Crippen LogP contribution is 2.21. The zero-order chi connectivity index (χ0) is 15.3. The van der Waals surface area contributed by atoms with E-state index >= 15 is 0 Å². The zero-order valence-corrected chi connectivity index (χ0v) is 14.3. The summed E-state index contributed by atoms with van der Waals surface area (Å²) >= 11 is 1.51. The second kappa shape index (κ2) is 7.67. The molecule has 120 valence electrons. The van der Waals surface area contributed by atoms with Gasteiger partial charge in [-0.15, -0.1) is 11.3 Å². The lowest BCUT2D eigenvalue weighted by Crippen LogP contribution is -2.30. The largest absolute Gasteiger partial charge is 0.381 e. The fourth-order valence-electron chi connectivity index (χ4n) is 2.42. The molecular formula is C14H24N2O3S2. The number of hydrogen-bond donors (Lipinski definition) is 1. The van der Waals surface area contributed by atoms with Crippen molar-refractivity contribution in [2.75, 3.05) is 19.0 Å². The first kappa shape index (κ1) is 16.9. The van der Waals surface area contributed by atoms with Crippen LogP contribution in [-0.4, -0.2) is 32.4 Å². The number of ether oxygens (including phenoxy) is 1. The van der Waals surface area contributed by atoms with Crippen LogP contribution in [0.3, 0.4) is 0 Å². The molecule has 0 aromatic carbocycles. The molecule has 0 amide bonds. The fourth-order valence-corrected chi connectivity index (χ4v) is 4.82. The predicted octanol–water partition coefficient (Wildman–Crippen LogP) is 2.50. The van der Waals surface area contributed by atoms with E-state index < -0.39 is 10.0 Å². The van der Waals surface area contributed by atoms with Crippen molar-refractivity contribution in [3.05, 3.63) is 16.1 Å². The molecule has 1 aromatic heterocycles. The van der Waals surface area contributed by atoms with Crippen LogP contribution in [0.25, 0.3) is 0 Å². The average molecular weight is 332 g/mol. The lowest BCUT2D eigenvalue weighted by atomic mass is 9.98. The smallest absolute Gasteiger partial charge is 0.212 e. The summed E-state index contributed by atoms with van der Waals surface area (Å²) in [5.41, 5.74) is 1.02. The van der Waals surface area contributed by atoms with Gasteiger partial charge in [-0.3, -0.25) is 0 Å². The van der Waals surface area contributed by atoms with E-state index in [0.29, 0.717) is 12.3 Å². The lowest BCUT2D eigenvalue weighted by molar-refractivity contribution is 0.0655. The summed E-state index contributed by atoms with van der Waals surface area (Å²) in [5.74, 6) is 0.658. The number of aromatic nitrogens is 1. The molecule has 2 heterocycles. The summed E-state index contributed by atoms with van der Waals surface area (Å²) in [5, 5.41) is 2.82. The van der Waals surface area contributed by atoms with E-state index in [4.69, 9.17) is 4.74 Å². The third-order valence-corrected chi connectivity index (χ3v) is 6.36. The van der Waals surface area contributed by atoms with Gasteiger partial charge in [0.15, 0.2) is 0 Å². The van der Waals surface area contributed by atoms with Crippen LogP contribution < -0.4 is 4.72 Å². The Bertz CT molecular complexity index is 536. The van der Waals surface area contributed by atoms with Crippen LogP contribution >= 0.6 is 11.3 Å². The summed E-state index contributed by atoms with van der Waals surface area (Å²) in [6, 6.07) is -0.255. The van der Waals surface area contributed by atoms with Gasteiger partial charge in [-0.1, -0.05) is 6.92 Å². The number of nitrogens with one attached hydrogen (secondary N) is 1. The van der Waals surface area contributed by atoms with Gasteiger partial charge in [0.25, 0.3) is 0 Å². The molecule has 1 aromatic rings. The minimum atomic E-state index is -3.25. The summed E-state index contributed by atoms with van der Waals surface area (Å²) in [6.07, 6.45) is 3.53. The molecule has 1 aliphatic rings. The van der Waals surface area contributed by atoms with Crippen molar-refractivity contribution in [2.45, 2.75) is 45.6 Å². The standard InChI is InChI=1S/C14H24N2O3S2/c1-3-13-10-20-14(15-13)11(2)16-21(17,18)9-6-12-4-7-19-8-5-12/h10-12,16H,3-9H2,1-2H3. The van der Waals surface area contributed by atoms with Gasteiger partial charge < -0.3 is 4.74 Å². The number of nitrogens with zero attached hydrogens (tertiary/aromatic N) is 1. The Balaban J connectivity index is 1.84. The molecule has 1 N–H and O–H groups in total. The predicted molar refractivity (Wildman–Crippen MR) is 85.0 cm³/mol. The third-order valence-electron chi connectivity index (χ3n) is 3.79. The Kier molecular flexibility index (Phi) is 6.16. The van der Waals surface area contributed by atoms with Crippen LogP contribution in [0.4, 0.5) is 0 Å². The van der Waals surface area contributed by atoms with Crippen LogP contribution in [0.5, 0.6) is 0 Å². The molecule has 0 radical (unpaired) electrons. The van der Waals surface area contributed by atoms with Gasteiger partial charge in [-0.25, -0.2) is 18.1 Å². The topological polar surface area (TPSA) is 68.3 Å². The highest BCUT2D eigenvalue weighted by molar-refractivity contribution is 7.89. The Morgan fingerprint density at radius 2 is 2.19 bits per heavy atom. The molecule has 1 atom stereocenters. The maximum absolute atomic E-state index is 12.2. The van der Waals surface area contributed by atoms with Crippen LogP contribution in [0.2, 0.25) is 0 Å². The van der Waals surface area contributed by atoms with Crippen LogP contribution in [0.15, 0.2) is 5.38 Å². The fraction of sp³-hybridized carbons (Fsp3) is 0.786. The molecule has 0 bridgehead atoms. The van der Waals surface area contributed by atoms with Gasteiger partial charge in [-0.2, -0.15) is 0 Å². The molecule has 1 fully saturated rings. The first-order valence-corrected chi connectivity index (χ1v) is 10.1. The summed E-state index contributed by atoms with van der Waals surface area (Å²) in [7, 11) is -3.25. The van der Waals surface area contributed by atoms with E-state index in [1.165, 1.54) is 11.3 Å². The van der Waals surface area contributed by atoms with Crippen molar-refractivity contribution in [3.63, 3.8) is 0 Å². The Morgan fingerprint density at radius 1 is 1.48 bits per heavy atom. The van der Waals surface area contributed by atoms with E-state index in [0.717, 1.165) is 43.2 Å². The first-order valence-electron chi connectivity index (χ1n) is 7.52. The number of aryl methyl sites for hydroxylation is 1. The summed E-state index contributed by atoms with van der Waals surface area (Å²) in [6.45, 7) is 5.41. The Labute approximate surface area is 131 Å². The second-order valence-electron chi connectivity index (χ2n) is 5.53. The lowest BCUT2D eigenvalue weighted by Gasteiger charge is -2.22. The quantitative estimate of drug-likeness (QED) is 0.833. The molecule has 1 unspecified atom stereocenters.